The summed E-state index contributed by atoms with van der Waals surface area (Å²) in [5.74, 6) is -0.195. The molecule has 0 saturated heterocycles. The van der Waals surface area contributed by atoms with Crippen molar-refractivity contribution in [3.8, 4) is 0 Å². The average Bonchev–Trinajstić information content (AvgIpc) is 2.91. The van der Waals surface area contributed by atoms with Gasteiger partial charge in [0, 0.05) is 5.56 Å². The van der Waals surface area contributed by atoms with E-state index in [9.17, 15) is 9.90 Å². The standard InChI is InChI=1S/C14H14O3/c1-10(14(16)12-8-5-9-17-12)13(15)11-6-3-2-4-7-11/h2-10,14,16H,1H3. The van der Waals surface area contributed by atoms with Gasteiger partial charge in [0.2, 0.25) is 0 Å². The monoisotopic (exact) mass is 230 g/mol. The van der Waals surface area contributed by atoms with Crippen LogP contribution in [0.3, 0.4) is 0 Å². The molecule has 3 nitrogen and oxygen atoms in total. The first-order valence-electron chi connectivity index (χ1n) is 5.51. The van der Waals surface area contributed by atoms with Crippen LogP contribution in [0.5, 0.6) is 0 Å². The molecule has 2 aromatic rings. The molecular formula is C14H14O3. The van der Waals surface area contributed by atoms with Gasteiger partial charge < -0.3 is 9.52 Å². The molecule has 0 aliphatic carbocycles. The summed E-state index contributed by atoms with van der Waals surface area (Å²) in [5.41, 5.74) is 0.602. The summed E-state index contributed by atoms with van der Waals surface area (Å²) in [7, 11) is 0. The second kappa shape index (κ2) is 4.97. The van der Waals surface area contributed by atoms with Gasteiger partial charge in [0.15, 0.2) is 5.78 Å². The number of carbonyl (C=O) groups excluding carboxylic acids is 1. The molecule has 1 aromatic heterocycles. The van der Waals surface area contributed by atoms with E-state index < -0.39 is 12.0 Å². The van der Waals surface area contributed by atoms with Crippen molar-refractivity contribution in [2.75, 3.05) is 0 Å². The molecule has 2 rings (SSSR count). The second-order valence-electron chi connectivity index (χ2n) is 3.98. The highest BCUT2D eigenvalue weighted by atomic mass is 16.4. The molecule has 0 fully saturated rings. The quantitative estimate of drug-likeness (QED) is 0.821. The fraction of sp³-hybridized carbons (Fsp3) is 0.214. The van der Waals surface area contributed by atoms with E-state index >= 15 is 0 Å². The summed E-state index contributed by atoms with van der Waals surface area (Å²) in [5, 5.41) is 10.00. The van der Waals surface area contributed by atoms with Gasteiger partial charge in [-0.3, -0.25) is 4.79 Å². The molecule has 0 bridgehead atoms. The van der Waals surface area contributed by atoms with Gasteiger partial charge in [-0.1, -0.05) is 37.3 Å². The summed E-state index contributed by atoms with van der Waals surface area (Å²) in [6, 6.07) is 12.3. The molecule has 0 radical (unpaired) electrons. The Morgan fingerprint density at radius 3 is 2.47 bits per heavy atom. The van der Waals surface area contributed by atoms with E-state index in [0.29, 0.717) is 11.3 Å². The highest BCUT2D eigenvalue weighted by molar-refractivity contribution is 5.97. The largest absolute Gasteiger partial charge is 0.467 e. The number of aliphatic hydroxyl groups is 1. The normalized spacial score (nSPS) is 14.2. The molecule has 0 spiro atoms. The molecule has 17 heavy (non-hydrogen) atoms. The van der Waals surface area contributed by atoms with E-state index in [4.69, 9.17) is 4.42 Å². The third-order valence-electron chi connectivity index (χ3n) is 2.78. The van der Waals surface area contributed by atoms with Crippen LogP contribution in [0.25, 0.3) is 0 Å². The van der Waals surface area contributed by atoms with Crippen molar-refractivity contribution >= 4 is 5.78 Å². The van der Waals surface area contributed by atoms with Crippen molar-refractivity contribution in [2.45, 2.75) is 13.0 Å². The first-order chi connectivity index (χ1) is 8.20. The maximum absolute atomic E-state index is 12.1. The number of carbonyl (C=O) groups is 1. The maximum Gasteiger partial charge on any atom is 0.168 e. The molecule has 3 heteroatoms. The van der Waals surface area contributed by atoms with Crippen molar-refractivity contribution in [1.82, 2.24) is 0 Å². The van der Waals surface area contributed by atoms with E-state index in [-0.39, 0.29) is 5.78 Å². The Hall–Kier alpha value is -1.87. The average molecular weight is 230 g/mol. The molecular weight excluding hydrogens is 216 g/mol. The summed E-state index contributed by atoms with van der Waals surface area (Å²) in [6.45, 7) is 1.70. The van der Waals surface area contributed by atoms with E-state index in [1.54, 1.807) is 43.3 Å². The van der Waals surface area contributed by atoms with Crippen LogP contribution in [0, 0.1) is 5.92 Å². The molecule has 1 aromatic carbocycles. The summed E-state index contributed by atoms with van der Waals surface area (Å²) in [6.07, 6.45) is 0.579. The molecule has 0 amide bonds. The van der Waals surface area contributed by atoms with Gasteiger partial charge in [-0.05, 0) is 12.1 Å². The molecule has 2 unspecified atom stereocenters. The number of rotatable bonds is 4. The first-order valence-corrected chi connectivity index (χ1v) is 5.51. The highest BCUT2D eigenvalue weighted by Gasteiger charge is 2.26. The van der Waals surface area contributed by atoms with Crippen LogP contribution in [0.15, 0.2) is 53.1 Å². The minimum Gasteiger partial charge on any atom is -0.467 e. The number of hydrogen-bond donors (Lipinski definition) is 1. The van der Waals surface area contributed by atoms with Crippen LogP contribution in [-0.2, 0) is 0 Å². The topological polar surface area (TPSA) is 50.4 Å². The van der Waals surface area contributed by atoms with Crippen LogP contribution >= 0.6 is 0 Å². The molecule has 0 saturated carbocycles. The Bertz CT molecular complexity index is 473. The highest BCUT2D eigenvalue weighted by Crippen LogP contribution is 2.25. The second-order valence-corrected chi connectivity index (χ2v) is 3.98. The predicted molar refractivity (Wildman–Crippen MR) is 63.6 cm³/mol. The van der Waals surface area contributed by atoms with Gasteiger partial charge in [-0.25, -0.2) is 0 Å². The predicted octanol–water partition coefficient (Wildman–Crippen LogP) is 2.83. The van der Waals surface area contributed by atoms with Gasteiger partial charge in [0.05, 0.1) is 12.2 Å². The van der Waals surface area contributed by atoms with E-state index in [1.807, 2.05) is 6.07 Å². The van der Waals surface area contributed by atoms with Crippen LogP contribution < -0.4 is 0 Å². The fourth-order valence-electron chi connectivity index (χ4n) is 1.71. The van der Waals surface area contributed by atoms with Gasteiger partial charge in [0.25, 0.3) is 0 Å². The Balaban J connectivity index is 2.16. The lowest BCUT2D eigenvalue weighted by Gasteiger charge is -2.15. The van der Waals surface area contributed by atoms with Gasteiger partial charge in [-0.2, -0.15) is 0 Å². The van der Waals surface area contributed by atoms with Crippen molar-refractivity contribution in [1.29, 1.82) is 0 Å². The van der Waals surface area contributed by atoms with Crippen molar-refractivity contribution < 1.29 is 14.3 Å². The van der Waals surface area contributed by atoms with Crippen LogP contribution in [0.1, 0.15) is 29.1 Å². The summed E-state index contributed by atoms with van der Waals surface area (Å²) >= 11 is 0. The summed E-state index contributed by atoms with van der Waals surface area (Å²) < 4.78 is 5.10. The van der Waals surface area contributed by atoms with Crippen molar-refractivity contribution in [2.24, 2.45) is 5.92 Å². The van der Waals surface area contributed by atoms with E-state index in [2.05, 4.69) is 0 Å². The molecule has 0 aliphatic heterocycles. The number of hydrogen-bond acceptors (Lipinski definition) is 3. The Morgan fingerprint density at radius 1 is 1.18 bits per heavy atom. The van der Waals surface area contributed by atoms with Crippen LogP contribution in [0.2, 0.25) is 0 Å². The van der Waals surface area contributed by atoms with Gasteiger partial charge >= 0.3 is 0 Å². The lowest BCUT2D eigenvalue weighted by atomic mass is 9.93. The third kappa shape index (κ3) is 2.45. The number of Topliss-reactive ketones (excluding diaryl/α,β-unsaturated/α-hetero) is 1. The number of aliphatic hydroxyl groups excluding tert-OH is 1. The fourth-order valence-corrected chi connectivity index (χ4v) is 1.71. The zero-order valence-electron chi connectivity index (χ0n) is 9.54. The zero-order valence-corrected chi connectivity index (χ0v) is 9.54. The molecule has 88 valence electrons. The van der Waals surface area contributed by atoms with E-state index in [1.165, 1.54) is 6.26 Å². The minimum absolute atomic E-state index is 0.0884. The third-order valence-corrected chi connectivity index (χ3v) is 2.78. The van der Waals surface area contributed by atoms with Crippen LogP contribution in [0.4, 0.5) is 0 Å². The molecule has 1 heterocycles. The zero-order chi connectivity index (χ0) is 12.3. The van der Waals surface area contributed by atoms with Crippen molar-refractivity contribution in [3.63, 3.8) is 0 Å². The Kier molecular flexibility index (Phi) is 3.40. The molecule has 0 aliphatic rings. The maximum atomic E-state index is 12.1. The minimum atomic E-state index is -0.905. The van der Waals surface area contributed by atoms with Crippen molar-refractivity contribution in [3.05, 3.63) is 60.1 Å². The first kappa shape index (κ1) is 11.6. The lowest BCUT2D eigenvalue weighted by molar-refractivity contribution is 0.0644. The summed E-state index contributed by atoms with van der Waals surface area (Å²) in [4.78, 5) is 12.1. The Morgan fingerprint density at radius 2 is 1.88 bits per heavy atom. The van der Waals surface area contributed by atoms with Gasteiger partial charge in [0.1, 0.15) is 11.9 Å². The molecule has 1 N–H and O–H groups in total. The smallest absolute Gasteiger partial charge is 0.168 e. The number of furan rings is 1. The lowest BCUT2D eigenvalue weighted by Crippen LogP contribution is -2.19. The van der Waals surface area contributed by atoms with Crippen LogP contribution in [-0.4, -0.2) is 10.9 Å². The van der Waals surface area contributed by atoms with E-state index in [0.717, 1.165) is 0 Å². The van der Waals surface area contributed by atoms with Gasteiger partial charge in [-0.15, -0.1) is 0 Å². The number of ketones is 1. The molecule has 2 atom stereocenters. The SMILES string of the molecule is CC(C(=O)c1ccccc1)C(O)c1ccco1. The number of benzene rings is 1. The Labute approximate surface area is 99.7 Å².